The molecular weight excluding hydrogens is 258 g/mol. The van der Waals surface area contributed by atoms with Crippen LogP contribution < -0.4 is 5.73 Å². The van der Waals surface area contributed by atoms with Crippen LogP contribution in [0.4, 0.5) is 0 Å². The summed E-state index contributed by atoms with van der Waals surface area (Å²) < 4.78 is 5.61. The van der Waals surface area contributed by atoms with Gasteiger partial charge in [-0.1, -0.05) is 28.1 Å². The molecule has 0 bridgehead atoms. The SMILES string of the molecule is COC(=O)C[C@H](N)c1ccc(Br)c(C)c1. The molecule has 1 rings (SSSR count). The summed E-state index contributed by atoms with van der Waals surface area (Å²) in [6.45, 7) is 1.98. The van der Waals surface area contributed by atoms with Gasteiger partial charge in [0.2, 0.25) is 0 Å². The minimum Gasteiger partial charge on any atom is -0.469 e. The Morgan fingerprint density at radius 1 is 1.60 bits per heavy atom. The first-order chi connectivity index (χ1) is 7.04. The summed E-state index contributed by atoms with van der Waals surface area (Å²) in [5.41, 5.74) is 7.92. The number of esters is 1. The maximum atomic E-state index is 11.0. The molecule has 3 nitrogen and oxygen atoms in total. The zero-order valence-electron chi connectivity index (χ0n) is 8.79. The third-order valence-electron chi connectivity index (χ3n) is 2.22. The second-order valence-corrected chi connectivity index (χ2v) is 4.25. The zero-order valence-corrected chi connectivity index (χ0v) is 10.4. The highest BCUT2D eigenvalue weighted by molar-refractivity contribution is 9.10. The van der Waals surface area contributed by atoms with Gasteiger partial charge in [-0.2, -0.15) is 0 Å². The van der Waals surface area contributed by atoms with Gasteiger partial charge in [0.25, 0.3) is 0 Å². The van der Waals surface area contributed by atoms with E-state index in [-0.39, 0.29) is 18.4 Å². The monoisotopic (exact) mass is 271 g/mol. The Kier molecular flexibility index (Phi) is 4.29. The lowest BCUT2D eigenvalue weighted by molar-refractivity contribution is -0.141. The van der Waals surface area contributed by atoms with Crippen molar-refractivity contribution < 1.29 is 9.53 Å². The number of rotatable bonds is 3. The first-order valence-corrected chi connectivity index (χ1v) is 5.42. The molecule has 0 aliphatic carbocycles. The molecule has 0 saturated carbocycles. The van der Waals surface area contributed by atoms with E-state index in [0.29, 0.717) is 0 Å². The third-order valence-corrected chi connectivity index (χ3v) is 3.11. The summed E-state index contributed by atoms with van der Waals surface area (Å²) in [7, 11) is 1.36. The normalized spacial score (nSPS) is 12.3. The lowest BCUT2D eigenvalue weighted by Crippen LogP contribution is -2.16. The van der Waals surface area contributed by atoms with E-state index < -0.39 is 0 Å². The minimum absolute atomic E-state index is 0.206. The van der Waals surface area contributed by atoms with Gasteiger partial charge in [0.05, 0.1) is 13.5 Å². The van der Waals surface area contributed by atoms with Crippen molar-refractivity contribution in [3.05, 3.63) is 33.8 Å². The molecule has 0 radical (unpaired) electrons. The van der Waals surface area contributed by atoms with E-state index in [1.54, 1.807) is 0 Å². The smallest absolute Gasteiger partial charge is 0.307 e. The highest BCUT2D eigenvalue weighted by Gasteiger charge is 2.12. The molecule has 0 fully saturated rings. The fourth-order valence-corrected chi connectivity index (χ4v) is 1.53. The molecule has 4 heteroatoms. The van der Waals surface area contributed by atoms with Crippen LogP contribution in [0.2, 0.25) is 0 Å². The molecule has 0 aromatic heterocycles. The van der Waals surface area contributed by atoms with Crippen molar-refractivity contribution >= 4 is 21.9 Å². The molecule has 0 aliphatic rings. The van der Waals surface area contributed by atoms with Crippen molar-refractivity contribution in [3.8, 4) is 0 Å². The van der Waals surface area contributed by atoms with E-state index in [2.05, 4.69) is 20.7 Å². The Labute approximate surface area is 97.7 Å². The zero-order chi connectivity index (χ0) is 11.4. The van der Waals surface area contributed by atoms with Crippen LogP contribution in [-0.4, -0.2) is 13.1 Å². The fourth-order valence-electron chi connectivity index (χ4n) is 1.28. The second kappa shape index (κ2) is 5.28. The maximum absolute atomic E-state index is 11.0. The fraction of sp³-hybridized carbons (Fsp3) is 0.364. The minimum atomic E-state index is -0.302. The molecule has 0 saturated heterocycles. The molecule has 1 atom stereocenters. The van der Waals surface area contributed by atoms with Crippen molar-refractivity contribution in [1.82, 2.24) is 0 Å². The predicted molar refractivity (Wildman–Crippen MR) is 62.4 cm³/mol. The lowest BCUT2D eigenvalue weighted by Gasteiger charge is -2.11. The number of ether oxygens (including phenoxy) is 1. The number of hydrogen-bond donors (Lipinski definition) is 1. The Hall–Kier alpha value is -0.870. The summed E-state index contributed by atoms with van der Waals surface area (Å²) in [4.78, 5) is 11.0. The number of halogens is 1. The molecular formula is C11H14BrNO2. The molecule has 1 aromatic rings. The molecule has 0 unspecified atom stereocenters. The molecule has 82 valence electrons. The quantitative estimate of drug-likeness (QED) is 0.859. The maximum Gasteiger partial charge on any atom is 0.307 e. The van der Waals surface area contributed by atoms with Crippen molar-refractivity contribution in [2.24, 2.45) is 5.73 Å². The standard InChI is InChI=1S/C11H14BrNO2/c1-7-5-8(3-4-9(7)12)10(13)6-11(14)15-2/h3-5,10H,6,13H2,1-2H3/t10-/m0/s1. The molecule has 1 aromatic carbocycles. The second-order valence-electron chi connectivity index (χ2n) is 3.40. The Morgan fingerprint density at radius 2 is 2.27 bits per heavy atom. The van der Waals surface area contributed by atoms with Gasteiger partial charge in [-0.25, -0.2) is 0 Å². The number of benzene rings is 1. The molecule has 0 spiro atoms. The molecule has 0 amide bonds. The summed E-state index contributed by atoms with van der Waals surface area (Å²) >= 11 is 3.41. The third kappa shape index (κ3) is 3.32. The average molecular weight is 272 g/mol. The largest absolute Gasteiger partial charge is 0.469 e. The number of aryl methyl sites for hydroxylation is 1. The Morgan fingerprint density at radius 3 is 2.80 bits per heavy atom. The van der Waals surface area contributed by atoms with Crippen LogP contribution in [0.25, 0.3) is 0 Å². The van der Waals surface area contributed by atoms with Gasteiger partial charge in [-0.3, -0.25) is 4.79 Å². The average Bonchev–Trinajstić information content (AvgIpc) is 2.21. The van der Waals surface area contributed by atoms with E-state index >= 15 is 0 Å². The number of nitrogens with two attached hydrogens (primary N) is 1. The molecule has 2 N–H and O–H groups in total. The van der Waals surface area contributed by atoms with Crippen LogP contribution in [0.3, 0.4) is 0 Å². The van der Waals surface area contributed by atoms with Gasteiger partial charge in [0, 0.05) is 10.5 Å². The predicted octanol–water partition coefficient (Wildman–Crippen LogP) is 2.32. The van der Waals surface area contributed by atoms with Crippen molar-refractivity contribution in [3.63, 3.8) is 0 Å². The van der Waals surface area contributed by atoms with Gasteiger partial charge in [-0.15, -0.1) is 0 Å². The first kappa shape index (κ1) is 12.2. The number of methoxy groups -OCH3 is 1. The summed E-state index contributed by atoms with van der Waals surface area (Å²) in [5.74, 6) is -0.289. The van der Waals surface area contributed by atoms with Crippen LogP contribution >= 0.6 is 15.9 Å². The van der Waals surface area contributed by atoms with Gasteiger partial charge in [-0.05, 0) is 24.1 Å². The topological polar surface area (TPSA) is 52.3 Å². The van der Waals surface area contributed by atoms with Crippen LogP contribution in [0.5, 0.6) is 0 Å². The van der Waals surface area contributed by atoms with Crippen LogP contribution in [0.15, 0.2) is 22.7 Å². The van der Waals surface area contributed by atoms with E-state index in [9.17, 15) is 4.79 Å². The molecule has 0 aliphatic heterocycles. The van der Waals surface area contributed by atoms with Gasteiger partial charge in [0.1, 0.15) is 0 Å². The summed E-state index contributed by atoms with van der Waals surface area (Å²) in [6.07, 6.45) is 0.206. The van der Waals surface area contributed by atoms with E-state index in [1.165, 1.54) is 7.11 Å². The van der Waals surface area contributed by atoms with Crippen LogP contribution in [-0.2, 0) is 9.53 Å². The van der Waals surface area contributed by atoms with Gasteiger partial charge < -0.3 is 10.5 Å². The van der Waals surface area contributed by atoms with Gasteiger partial charge >= 0.3 is 5.97 Å². The summed E-state index contributed by atoms with van der Waals surface area (Å²) in [6, 6.07) is 5.51. The number of carbonyl (C=O) groups excluding carboxylic acids is 1. The Bertz CT molecular complexity index is 366. The van der Waals surface area contributed by atoms with E-state index in [4.69, 9.17) is 5.73 Å². The Balaban J connectivity index is 2.78. The van der Waals surface area contributed by atoms with Gasteiger partial charge in [0.15, 0.2) is 0 Å². The highest BCUT2D eigenvalue weighted by Crippen LogP contribution is 2.21. The van der Waals surface area contributed by atoms with Crippen molar-refractivity contribution in [2.75, 3.05) is 7.11 Å². The van der Waals surface area contributed by atoms with Crippen molar-refractivity contribution in [2.45, 2.75) is 19.4 Å². The van der Waals surface area contributed by atoms with Crippen molar-refractivity contribution in [1.29, 1.82) is 0 Å². The van der Waals surface area contributed by atoms with Crippen LogP contribution in [0.1, 0.15) is 23.6 Å². The molecule has 15 heavy (non-hydrogen) atoms. The van der Waals surface area contributed by atoms with Crippen LogP contribution in [0, 0.1) is 6.92 Å². The van der Waals surface area contributed by atoms with E-state index in [0.717, 1.165) is 15.6 Å². The first-order valence-electron chi connectivity index (χ1n) is 4.63. The molecule has 0 heterocycles. The highest BCUT2D eigenvalue weighted by atomic mass is 79.9. The van der Waals surface area contributed by atoms with E-state index in [1.807, 2.05) is 25.1 Å². The number of carbonyl (C=O) groups is 1. The number of hydrogen-bond acceptors (Lipinski definition) is 3. The lowest BCUT2D eigenvalue weighted by atomic mass is 10.0. The summed E-state index contributed by atoms with van der Waals surface area (Å²) in [5, 5.41) is 0.